The summed E-state index contributed by atoms with van der Waals surface area (Å²) in [5.41, 5.74) is 0.651. The molecule has 2 fully saturated rings. The summed E-state index contributed by atoms with van der Waals surface area (Å²) in [6, 6.07) is 12.9. The number of hydrogen-bond donors (Lipinski definition) is 3. The maximum Gasteiger partial charge on any atom is 0.416 e. The molecule has 0 aliphatic carbocycles. The Morgan fingerprint density at radius 2 is 1.95 bits per heavy atom. The lowest BCUT2D eigenvalue weighted by atomic mass is 9.93. The smallest absolute Gasteiger partial charge is 0.416 e. The fourth-order valence-electron chi connectivity index (χ4n) is 4.66. The van der Waals surface area contributed by atoms with E-state index < -0.39 is 39.6 Å². The average Bonchev–Trinajstić information content (AvgIpc) is 3.37. The van der Waals surface area contributed by atoms with E-state index in [-0.39, 0.29) is 24.6 Å². The van der Waals surface area contributed by atoms with Gasteiger partial charge in [0.2, 0.25) is 10.0 Å². The zero-order chi connectivity index (χ0) is 26.4. The number of aryl methyl sites for hydroxylation is 1. The van der Waals surface area contributed by atoms with Gasteiger partial charge in [0, 0.05) is 29.7 Å². The van der Waals surface area contributed by atoms with Gasteiger partial charge in [-0.2, -0.15) is 0 Å². The van der Waals surface area contributed by atoms with Crippen LogP contribution in [0.15, 0.2) is 59.5 Å². The van der Waals surface area contributed by atoms with Gasteiger partial charge in [0.15, 0.2) is 5.54 Å². The minimum atomic E-state index is -4.20. The van der Waals surface area contributed by atoms with Gasteiger partial charge in [0.1, 0.15) is 12.4 Å². The van der Waals surface area contributed by atoms with Crippen molar-refractivity contribution in [3.05, 3.63) is 65.9 Å². The van der Waals surface area contributed by atoms with Crippen LogP contribution in [0.5, 0.6) is 5.75 Å². The molecule has 3 aromatic rings. The first-order valence-electron chi connectivity index (χ1n) is 11.2. The summed E-state index contributed by atoms with van der Waals surface area (Å²) < 4.78 is 34.4. The van der Waals surface area contributed by atoms with Crippen LogP contribution < -0.4 is 20.1 Å². The standard InChI is InChI=1S/C24H22N5O7S/c1-14-10-15(18-4-2-3-5-19(18)26-14)12-36-16-6-8-17(9-7-16)37(34,35)28-20-11-25-13-24(20)21(30)27-22(31)29(24)23(32)33/h2-10,20,28H,11-13H2,1H3,(H,32,33)(H,27,30,31). The molecule has 2 aliphatic heterocycles. The lowest BCUT2D eigenvalue weighted by Gasteiger charge is -2.32. The number of para-hydroxylation sites is 1. The molecule has 1 aromatic heterocycles. The fraction of sp³-hybridized carbons (Fsp3) is 0.250. The van der Waals surface area contributed by atoms with Gasteiger partial charge in [-0.25, -0.2) is 32.9 Å². The number of aromatic nitrogens is 1. The summed E-state index contributed by atoms with van der Waals surface area (Å²) in [5.74, 6) is -0.487. The number of pyridine rings is 1. The number of imide groups is 2. The first-order valence-corrected chi connectivity index (χ1v) is 12.7. The van der Waals surface area contributed by atoms with Crippen molar-refractivity contribution in [1.29, 1.82) is 0 Å². The van der Waals surface area contributed by atoms with Crippen LogP contribution in [-0.2, 0) is 21.4 Å². The number of benzene rings is 2. The van der Waals surface area contributed by atoms with E-state index in [2.05, 4.69) is 15.0 Å². The van der Waals surface area contributed by atoms with Crippen molar-refractivity contribution < 1.29 is 32.6 Å². The Bertz CT molecular complexity index is 1530. The molecular formula is C24H22N5O7S. The molecule has 13 heteroatoms. The van der Waals surface area contributed by atoms with Gasteiger partial charge in [0.05, 0.1) is 16.5 Å². The largest absolute Gasteiger partial charge is 0.489 e. The van der Waals surface area contributed by atoms with Crippen LogP contribution in [0.2, 0.25) is 0 Å². The van der Waals surface area contributed by atoms with Crippen molar-refractivity contribution in [3.8, 4) is 5.75 Å². The topological polar surface area (TPSA) is 169 Å². The highest BCUT2D eigenvalue weighted by molar-refractivity contribution is 7.89. The van der Waals surface area contributed by atoms with E-state index >= 15 is 0 Å². The zero-order valence-electron chi connectivity index (χ0n) is 19.5. The Morgan fingerprint density at radius 3 is 2.68 bits per heavy atom. The maximum atomic E-state index is 13.1. The predicted octanol–water partition coefficient (Wildman–Crippen LogP) is 1.36. The molecule has 12 nitrogen and oxygen atoms in total. The molecule has 0 saturated carbocycles. The maximum absolute atomic E-state index is 13.1. The van der Waals surface area contributed by atoms with Crippen molar-refractivity contribution >= 4 is 39.0 Å². The van der Waals surface area contributed by atoms with Crippen LogP contribution in [0.1, 0.15) is 11.3 Å². The lowest BCUT2D eigenvalue weighted by molar-refractivity contribution is -0.126. The highest BCUT2D eigenvalue weighted by Gasteiger charge is 2.64. The minimum absolute atomic E-state index is 0.126. The second kappa shape index (κ2) is 9.10. The van der Waals surface area contributed by atoms with Crippen LogP contribution in [0.3, 0.4) is 0 Å². The third-order valence-electron chi connectivity index (χ3n) is 6.40. The molecule has 0 bridgehead atoms. The molecule has 1 radical (unpaired) electrons. The molecule has 3 N–H and O–H groups in total. The molecule has 2 atom stereocenters. The SMILES string of the molecule is Cc1cc(COc2ccc(S(=O)(=O)NC3C[N]CC34C(=O)NC(=O)N4C(=O)O)cc2)c2ccccc2n1. The third-order valence-corrected chi connectivity index (χ3v) is 7.89. The second-order valence-corrected chi connectivity index (χ2v) is 10.5. The summed E-state index contributed by atoms with van der Waals surface area (Å²) in [6.07, 6.45) is -1.68. The normalized spacial score (nSPS) is 21.5. The quantitative estimate of drug-likeness (QED) is 0.406. The van der Waals surface area contributed by atoms with Crippen LogP contribution in [0.25, 0.3) is 10.9 Å². The molecule has 3 heterocycles. The predicted molar refractivity (Wildman–Crippen MR) is 129 cm³/mol. The van der Waals surface area contributed by atoms with Crippen LogP contribution in [0, 0.1) is 6.92 Å². The number of amides is 4. The Morgan fingerprint density at radius 1 is 1.22 bits per heavy atom. The number of hydrogen-bond acceptors (Lipinski definition) is 7. The molecule has 2 unspecified atom stereocenters. The highest BCUT2D eigenvalue weighted by atomic mass is 32.2. The molecule has 37 heavy (non-hydrogen) atoms. The first kappa shape index (κ1) is 24.6. The number of nitrogens with zero attached hydrogens (tertiary/aromatic N) is 3. The molecule has 1 spiro atoms. The molecule has 5 rings (SSSR count). The molecule has 2 aliphatic rings. The van der Waals surface area contributed by atoms with E-state index in [0.29, 0.717) is 10.6 Å². The third kappa shape index (κ3) is 4.26. The first-order chi connectivity index (χ1) is 17.6. The Balaban J connectivity index is 1.33. The number of ether oxygens (including phenoxy) is 1. The number of carbonyl (C=O) groups excluding carboxylic acids is 2. The Kier molecular flexibility index (Phi) is 6.06. The van der Waals surface area contributed by atoms with Gasteiger partial charge in [-0.05, 0) is 43.3 Å². The molecule has 191 valence electrons. The van der Waals surface area contributed by atoms with Crippen molar-refractivity contribution in [2.24, 2.45) is 0 Å². The summed E-state index contributed by atoms with van der Waals surface area (Å²) in [7, 11) is -4.20. The Labute approximate surface area is 211 Å². The van der Waals surface area contributed by atoms with Crippen molar-refractivity contribution in [2.75, 3.05) is 13.1 Å². The van der Waals surface area contributed by atoms with Gasteiger partial charge in [-0.3, -0.25) is 15.1 Å². The summed E-state index contributed by atoms with van der Waals surface area (Å²) in [5, 5.41) is 16.4. The number of urea groups is 1. The lowest BCUT2D eigenvalue weighted by Crippen LogP contribution is -2.64. The number of nitrogens with one attached hydrogen (secondary N) is 2. The van der Waals surface area contributed by atoms with Crippen LogP contribution in [-0.4, -0.2) is 66.1 Å². The highest BCUT2D eigenvalue weighted by Crippen LogP contribution is 2.31. The van der Waals surface area contributed by atoms with Crippen LogP contribution >= 0.6 is 0 Å². The number of carbonyl (C=O) groups is 3. The summed E-state index contributed by atoms with van der Waals surface area (Å²) >= 11 is 0. The number of carboxylic acid groups (broad SMARTS) is 1. The van der Waals surface area contributed by atoms with Gasteiger partial charge < -0.3 is 9.84 Å². The minimum Gasteiger partial charge on any atom is -0.489 e. The monoisotopic (exact) mass is 524 g/mol. The van der Waals surface area contributed by atoms with E-state index in [1.807, 2.05) is 42.6 Å². The number of fused-ring (bicyclic) bond motifs is 1. The van der Waals surface area contributed by atoms with E-state index in [9.17, 15) is 27.9 Å². The van der Waals surface area contributed by atoms with E-state index in [1.54, 1.807) is 0 Å². The van der Waals surface area contributed by atoms with E-state index in [1.165, 1.54) is 24.3 Å². The van der Waals surface area contributed by atoms with Gasteiger partial charge in [-0.1, -0.05) is 18.2 Å². The average molecular weight is 525 g/mol. The summed E-state index contributed by atoms with van der Waals surface area (Å²) in [6.45, 7) is 1.61. The summed E-state index contributed by atoms with van der Waals surface area (Å²) in [4.78, 5) is 40.9. The molecular weight excluding hydrogens is 502 g/mol. The van der Waals surface area contributed by atoms with Crippen molar-refractivity contribution in [2.45, 2.75) is 30.0 Å². The zero-order valence-corrected chi connectivity index (χ0v) is 20.4. The fourth-order valence-corrected chi connectivity index (χ4v) is 5.94. The van der Waals surface area contributed by atoms with E-state index in [4.69, 9.17) is 4.74 Å². The number of rotatable bonds is 6. The van der Waals surface area contributed by atoms with Crippen molar-refractivity contribution in [3.63, 3.8) is 0 Å². The van der Waals surface area contributed by atoms with E-state index in [0.717, 1.165) is 22.2 Å². The molecule has 4 amide bonds. The molecule has 2 saturated heterocycles. The van der Waals surface area contributed by atoms with Gasteiger partial charge in [-0.15, -0.1) is 0 Å². The second-order valence-electron chi connectivity index (χ2n) is 8.74. The number of sulfonamides is 1. The van der Waals surface area contributed by atoms with Crippen molar-refractivity contribution in [1.82, 2.24) is 25.2 Å². The Hall–Kier alpha value is -4.07. The molecule has 2 aromatic carbocycles. The van der Waals surface area contributed by atoms with Crippen LogP contribution in [0.4, 0.5) is 9.59 Å². The van der Waals surface area contributed by atoms with Gasteiger partial charge >= 0.3 is 12.1 Å². The van der Waals surface area contributed by atoms with Gasteiger partial charge in [0.25, 0.3) is 5.91 Å².